The smallest absolute Gasteiger partial charge is 0.230 e. The first-order valence-electron chi connectivity index (χ1n) is 6.95. The molecule has 1 aromatic rings. The van der Waals surface area contributed by atoms with Crippen LogP contribution in [0.1, 0.15) is 38.7 Å². The third kappa shape index (κ3) is 3.66. The van der Waals surface area contributed by atoms with E-state index in [9.17, 15) is 4.79 Å². The summed E-state index contributed by atoms with van der Waals surface area (Å²) in [6.07, 6.45) is 2.18. The molecular formula is C15H22Cl2N2O. The number of carbonyl (C=O) groups excluding carboxylic acids is 1. The molecule has 5 heteroatoms. The van der Waals surface area contributed by atoms with Crippen molar-refractivity contribution < 1.29 is 4.79 Å². The number of amides is 1. The van der Waals surface area contributed by atoms with Gasteiger partial charge in [0.2, 0.25) is 5.91 Å². The molecule has 0 bridgehead atoms. The summed E-state index contributed by atoms with van der Waals surface area (Å²) in [5, 5.41) is 3.94. The highest BCUT2D eigenvalue weighted by atomic mass is 35.5. The number of hydrogen-bond donors (Lipinski definition) is 2. The Morgan fingerprint density at radius 1 is 1.25 bits per heavy atom. The second-order valence-electron chi connectivity index (χ2n) is 4.82. The molecule has 0 aliphatic carbocycles. The molecule has 112 valence electrons. The van der Waals surface area contributed by atoms with Gasteiger partial charge in [-0.3, -0.25) is 4.79 Å². The maximum Gasteiger partial charge on any atom is 0.230 e. The van der Waals surface area contributed by atoms with Crippen molar-refractivity contribution in [1.29, 1.82) is 0 Å². The number of carbonyl (C=O) groups is 1. The van der Waals surface area contributed by atoms with Crippen LogP contribution in [0.4, 0.5) is 0 Å². The van der Waals surface area contributed by atoms with Crippen molar-refractivity contribution in [3.8, 4) is 0 Å². The second kappa shape index (κ2) is 7.87. The molecule has 0 heterocycles. The molecule has 3 nitrogen and oxygen atoms in total. The van der Waals surface area contributed by atoms with Crippen molar-refractivity contribution in [3.63, 3.8) is 0 Å². The van der Waals surface area contributed by atoms with Crippen LogP contribution in [0.5, 0.6) is 0 Å². The van der Waals surface area contributed by atoms with Gasteiger partial charge in [-0.25, -0.2) is 0 Å². The van der Waals surface area contributed by atoms with E-state index in [-0.39, 0.29) is 5.91 Å². The molecule has 0 aliphatic rings. The zero-order valence-corrected chi connectivity index (χ0v) is 13.5. The van der Waals surface area contributed by atoms with Crippen molar-refractivity contribution >= 4 is 29.1 Å². The second-order valence-corrected chi connectivity index (χ2v) is 5.63. The maximum absolute atomic E-state index is 12.6. The Bertz CT molecular complexity index is 459. The number of benzene rings is 1. The monoisotopic (exact) mass is 316 g/mol. The molecule has 0 fully saturated rings. The quantitative estimate of drug-likeness (QED) is 0.756. The average Bonchev–Trinajstić information content (AvgIpc) is 2.45. The number of halogens is 2. The average molecular weight is 317 g/mol. The normalized spacial score (nSPS) is 11.4. The third-order valence-corrected chi connectivity index (χ3v) is 4.52. The number of nitrogens with two attached hydrogens (primary N) is 1. The largest absolute Gasteiger partial charge is 0.355 e. The van der Waals surface area contributed by atoms with Gasteiger partial charge in [-0.15, -0.1) is 0 Å². The van der Waals surface area contributed by atoms with Crippen LogP contribution in [0, 0.1) is 0 Å². The number of rotatable bonds is 7. The summed E-state index contributed by atoms with van der Waals surface area (Å²) < 4.78 is 0. The summed E-state index contributed by atoms with van der Waals surface area (Å²) in [4.78, 5) is 12.6. The van der Waals surface area contributed by atoms with E-state index in [0.717, 1.165) is 12.0 Å². The predicted octanol–water partition coefficient (Wildman–Crippen LogP) is 3.52. The van der Waals surface area contributed by atoms with Crippen molar-refractivity contribution in [2.45, 2.75) is 38.5 Å². The van der Waals surface area contributed by atoms with E-state index in [1.807, 2.05) is 19.9 Å². The standard InChI is InChI=1S/C15H22Cl2N2O/c1-3-15(4-2,14(20)19-9-5-8-18)11-6-7-12(16)13(17)10-11/h6-7,10H,3-5,8-9,18H2,1-2H3,(H,19,20). The Kier molecular flexibility index (Phi) is 6.80. The molecule has 1 amide bonds. The highest BCUT2D eigenvalue weighted by Gasteiger charge is 2.36. The van der Waals surface area contributed by atoms with E-state index >= 15 is 0 Å². The molecule has 0 saturated heterocycles. The lowest BCUT2D eigenvalue weighted by atomic mass is 9.75. The molecule has 0 spiro atoms. The van der Waals surface area contributed by atoms with Crippen LogP contribution in [0.25, 0.3) is 0 Å². The van der Waals surface area contributed by atoms with Gasteiger partial charge in [-0.2, -0.15) is 0 Å². The topological polar surface area (TPSA) is 55.1 Å². The van der Waals surface area contributed by atoms with Gasteiger partial charge in [0.05, 0.1) is 15.5 Å². The van der Waals surface area contributed by atoms with E-state index < -0.39 is 5.41 Å². The van der Waals surface area contributed by atoms with Gasteiger partial charge in [-0.05, 0) is 43.5 Å². The first-order chi connectivity index (χ1) is 9.51. The lowest BCUT2D eigenvalue weighted by Crippen LogP contribution is -2.44. The fraction of sp³-hybridized carbons (Fsp3) is 0.533. The van der Waals surface area contributed by atoms with Gasteiger partial charge >= 0.3 is 0 Å². The molecule has 0 aromatic heterocycles. The van der Waals surface area contributed by atoms with E-state index in [4.69, 9.17) is 28.9 Å². The predicted molar refractivity (Wildman–Crippen MR) is 85.4 cm³/mol. The first-order valence-corrected chi connectivity index (χ1v) is 7.71. The van der Waals surface area contributed by atoms with Crippen LogP contribution in [-0.4, -0.2) is 19.0 Å². The SMILES string of the molecule is CCC(CC)(C(=O)NCCCN)c1ccc(Cl)c(Cl)c1. The van der Waals surface area contributed by atoms with Crippen molar-refractivity contribution in [1.82, 2.24) is 5.32 Å². The molecule has 1 aromatic carbocycles. The lowest BCUT2D eigenvalue weighted by molar-refractivity contribution is -0.127. The number of nitrogens with one attached hydrogen (secondary N) is 1. The summed E-state index contributed by atoms with van der Waals surface area (Å²) in [5.41, 5.74) is 5.79. The molecule has 0 atom stereocenters. The zero-order valence-electron chi connectivity index (χ0n) is 12.0. The van der Waals surface area contributed by atoms with Gasteiger partial charge in [0.15, 0.2) is 0 Å². The molecule has 1 rings (SSSR count). The molecule has 0 aliphatic heterocycles. The maximum atomic E-state index is 12.6. The summed E-state index contributed by atoms with van der Waals surface area (Å²) in [7, 11) is 0. The Hall–Kier alpha value is -0.770. The summed E-state index contributed by atoms with van der Waals surface area (Å²) in [5.74, 6) is 0.0225. The molecule has 0 unspecified atom stereocenters. The Labute approximate surface area is 130 Å². The highest BCUT2D eigenvalue weighted by molar-refractivity contribution is 6.42. The lowest BCUT2D eigenvalue weighted by Gasteiger charge is -2.31. The van der Waals surface area contributed by atoms with Crippen LogP contribution in [0.3, 0.4) is 0 Å². The Morgan fingerprint density at radius 2 is 1.90 bits per heavy atom. The van der Waals surface area contributed by atoms with Crippen LogP contribution >= 0.6 is 23.2 Å². The fourth-order valence-electron chi connectivity index (χ4n) is 2.38. The molecule has 0 saturated carbocycles. The van der Waals surface area contributed by atoms with E-state index in [2.05, 4.69) is 5.32 Å². The van der Waals surface area contributed by atoms with Gasteiger partial charge in [0.25, 0.3) is 0 Å². The van der Waals surface area contributed by atoms with E-state index in [1.54, 1.807) is 12.1 Å². The minimum Gasteiger partial charge on any atom is -0.355 e. The Balaban J connectivity index is 3.06. The fourth-order valence-corrected chi connectivity index (χ4v) is 2.68. The van der Waals surface area contributed by atoms with Crippen LogP contribution in [0.15, 0.2) is 18.2 Å². The molecule has 0 radical (unpaired) electrons. The van der Waals surface area contributed by atoms with Gasteiger partial charge in [0, 0.05) is 6.54 Å². The van der Waals surface area contributed by atoms with E-state index in [0.29, 0.717) is 36.0 Å². The molecule has 20 heavy (non-hydrogen) atoms. The Morgan fingerprint density at radius 3 is 2.40 bits per heavy atom. The minimum absolute atomic E-state index is 0.0225. The van der Waals surface area contributed by atoms with E-state index in [1.165, 1.54) is 0 Å². The van der Waals surface area contributed by atoms with Crippen molar-refractivity contribution in [3.05, 3.63) is 33.8 Å². The van der Waals surface area contributed by atoms with Crippen LogP contribution < -0.4 is 11.1 Å². The van der Waals surface area contributed by atoms with Crippen LogP contribution in [-0.2, 0) is 10.2 Å². The van der Waals surface area contributed by atoms with Gasteiger partial charge in [0.1, 0.15) is 0 Å². The summed E-state index contributed by atoms with van der Waals surface area (Å²) >= 11 is 12.0. The molecular weight excluding hydrogens is 295 g/mol. The third-order valence-electron chi connectivity index (χ3n) is 3.78. The number of hydrogen-bond acceptors (Lipinski definition) is 2. The summed E-state index contributed by atoms with van der Waals surface area (Å²) in [6, 6.07) is 5.41. The zero-order chi connectivity index (χ0) is 15.2. The van der Waals surface area contributed by atoms with Crippen LogP contribution in [0.2, 0.25) is 10.0 Å². The molecule has 3 N–H and O–H groups in total. The first kappa shape index (κ1) is 17.3. The highest BCUT2D eigenvalue weighted by Crippen LogP contribution is 2.35. The van der Waals surface area contributed by atoms with Gasteiger partial charge < -0.3 is 11.1 Å². The van der Waals surface area contributed by atoms with Crippen molar-refractivity contribution in [2.75, 3.05) is 13.1 Å². The van der Waals surface area contributed by atoms with Crippen molar-refractivity contribution in [2.24, 2.45) is 5.73 Å². The minimum atomic E-state index is -0.567. The van der Waals surface area contributed by atoms with Gasteiger partial charge in [-0.1, -0.05) is 43.1 Å². The summed E-state index contributed by atoms with van der Waals surface area (Å²) in [6.45, 7) is 5.18.